The molecule has 0 spiro atoms. The Bertz CT molecular complexity index is 821. The van der Waals surface area contributed by atoms with Crippen molar-refractivity contribution >= 4 is 5.91 Å². The molecule has 1 aliphatic heterocycles. The molecule has 4 nitrogen and oxygen atoms in total. The Hall–Kier alpha value is -2.07. The summed E-state index contributed by atoms with van der Waals surface area (Å²) in [6, 6.07) is 13.5. The monoisotopic (exact) mass is 422 g/mol. The van der Waals surface area contributed by atoms with Crippen LogP contribution in [0.5, 0.6) is 0 Å². The Morgan fingerprint density at radius 1 is 1.10 bits per heavy atom. The normalized spacial score (nSPS) is 22.8. The summed E-state index contributed by atoms with van der Waals surface area (Å²) in [6.45, 7) is 9.98. The van der Waals surface area contributed by atoms with Gasteiger partial charge in [-0.05, 0) is 43.4 Å². The van der Waals surface area contributed by atoms with Gasteiger partial charge in [0.25, 0.3) is 0 Å². The lowest BCUT2D eigenvalue weighted by Gasteiger charge is -2.38. The van der Waals surface area contributed by atoms with Gasteiger partial charge in [-0.15, -0.1) is 0 Å². The van der Waals surface area contributed by atoms with Gasteiger partial charge in [0.05, 0.1) is 12.8 Å². The van der Waals surface area contributed by atoms with Crippen molar-refractivity contribution < 1.29 is 9.21 Å². The fourth-order valence-corrected chi connectivity index (χ4v) is 5.48. The van der Waals surface area contributed by atoms with E-state index in [-0.39, 0.29) is 5.92 Å². The average Bonchev–Trinajstić information content (AvgIpc) is 3.43. The maximum atomic E-state index is 13.3. The summed E-state index contributed by atoms with van der Waals surface area (Å²) in [5, 5.41) is 0. The molecule has 2 fully saturated rings. The summed E-state index contributed by atoms with van der Waals surface area (Å²) >= 11 is 0. The molecule has 168 valence electrons. The summed E-state index contributed by atoms with van der Waals surface area (Å²) in [6.07, 6.45) is 7.90. The molecule has 2 aliphatic rings. The predicted octanol–water partition coefficient (Wildman–Crippen LogP) is 5.62. The number of aryl methyl sites for hydroxylation is 1. The van der Waals surface area contributed by atoms with Gasteiger partial charge in [0.15, 0.2) is 0 Å². The number of hydrogen-bond acceptors (Lipinski definition) is 3. The molecule has 1 aromatic heterocycles. The van der Waals surface area contributed by atoms with Crippen LogP contribution in [-0.2, 0) is 11.3 Å². The molecule has 1 amide bonds. The number of carbonyl (C=O) groups excluding carboxylic acids is 1. The molecule has 2 atom stereocenters. The first-order chi connectivity index (χ1) is 15.0. The summed E-state index contributed by atoms with van der Waals surface area (Å²) in [5.41, 5.74) is 2.70. The second kappa shape index (κ2) is 10.0. The van der Waals surface area contributed by atoms with Crippen LogP contribution < -0.4 is 0 Å². The van der Waals surface area contributed by atoms with E-state index < -0.39 is 0 Å². The first kappa shape index (κ1) is 22.1. The van der Waals surface area contributed by atoms with Crippen molar-refractivity contribution in [3.63, 3.8) is 0 Å². The Labute approximate surface area is 187 Å². The van der Waals surface area contributed by atoms with Gasteiger partial charge >= 0.3 is 0 Å². The molecule has 2 aromatic rings. The molecule has 1 saturated carbocycles. The minimum Gasteiger partial charge on any atom is -0.468 e. The first-order valence-corrected chi connectivity index (χ1v) is 12.1. The van der Waals surface area contributed by atoms with E-state index in [0.29, 0.717) is 23.8 Å². The lowest BCUT2D eigenvalue weighted by Crippen LogP contribution is -2.47. The van der Waals surface area contributed by atoms with Crippen molar-refractivity contribution in [2.24, 2.45) is 11.8 Å². The minimum atomic E-state index is 0.0559. The molecule has 4 rings (SSSR count). The summed E-state index contributed by atoms with van der Waals surface area (Å²) in [7, 11) is 0. The van der Waals surface area contributed by atoms with E-state index >= 15 is 0 Å². The van der Waals surface area contributed by atoms with E-state index in [4.69, 9.17) is 4.42 Å². The molecule has 0 bridgehead atoms. The number of nitrogens with zero attached hydrogens (tertiary/aromatic N) is 2. The third kappa shape index (κ3) is 5.41. The van der Waals surface area contributed by atoms with Gasteiger partial charge in [-0.25, -0.2) is 0 Å². The molecule has 0 radical (unpaired) electrons. The summed E-state index contributed by atoms with van der Waals surface area (Å²) in [5.74, 6) is 2.30. The Kier molecular flexibility index (Phi) is 7.16. The summed E-state index contributed by atoms with van der Waals surface area (Å²) < 4.78 is 5.63. The number of benzene rings is 1. The van der Waals surface area contributed by atoms with Gasteiger partial charge < -0.3 is 9.32 Å². The Morgan fingerprint density at radius 2 is 1.84 bits per heavy atom. The van der Waals surface area contributed by atoms with Crippen LogP contribution in [0.3, 0.4) is 0 Å². The molecule has 4 heteroatoms. The quantitative estimate of drug-likeness (QED) is 0.581. The van der Waals surface area contributed by atoms with E-state index in [1.165, 1.54) is 30.4 Å². The Balaban J connectivity index is 1.56. The number of carbonyl (C=O) groups is 1. The number of amides is 1. The van der Waals surface area contributed by atoms with Gasteiger partial charge in [-0.1, -0.05) is 62.9 Å². The molecule has 1 aromatic carbocycles. The van der Waals surface area contributed by atoms with E-state index in [2.05, 4.69) is 47.1 Å². The standard InChI is InChI=1S/C27H38N2O2/c1-20(2)27(30)29(24-8-5-4-6-9-24)17-23-16-28(18-25-10-7-15-31-25)19-26(23)22-13-11-21(3)12-14-22/h7,10-15,20,23-24,26H,4-6,8-9,16-19H2,1-3H3. The highest BCUT2D eigenvalue weighted by molar-refractivity contribution is 5.78. The van der Waals surface area contributed by atoms with Crippen LogP contribution in [0.15, 0.2) is 47.1 Å². The minimum absolute atomic E-state index is 0.0559. The third-order valence-electron chi connectivity index (χ3n) is 7.21. The van der Waals surface area contributed by atoms with Crippen LogP contribution >= 0.6 is 0 Å². The second-order valence-electron chi connectivity index (χ2n) is 9.99. The molecule has 2 heterocycles. The number of hydrogen-bond donors (Lipinski definition) is 0. The van der Waals surface area contributed by atoms with Crippen molar-refractivity contribution in [1.29, 1.82) is 0 Å². The van der Waals surface area contributed by atoms with E-state index in [1.807, 2.05) is 19.9 Å². The van der Waals surface area contributed by atoms with Gasteiger partial charge in [0.2, 0.25) is 5.91 Å². The zero-order chi connectivity index (χ0) is 21.8. The highest BCUT2D eigenvalue weighted by Gasteiger charge is 2.38. The van der Waals surface area contributed by atoms with Gasteiger partial charge in [-0.2, -0.15) is 0 Å². The van der Waals surface area contributed by atoms with Crippen LogP contribution in [0.25, 0.3) is 0 Å². The fraction of sp³-hybridized carbons (Fsp3) is 0.593. The maximum Gasteiger partial charge on any atom is 0.225 e. The average molecular weight is 423 g/mol. The van der Waals surface area contributed by atoms with Gasteiger partial charge in [0, 0.05) is 37.5 Å². The maximum absolute atomic E-state index is 13.3. The van der Waals surface area contributed by atoms with Gasteiger partial charge in [0.1, 0.15) is 5.76 Å². The van der Waals surface area contributed by atoms with Crippen LogP contribution in [0.2, 0.25) is 0 Å². The molecule has 1 aliphatic carbocycles. The molecule has 2 unspecified atom stereocenters. The SMILES string of the molecule is Cc1ccc(C2CN(Cc3ccco3)CC2CN(C(=O)C(C)C)C2CCCCC2)cc1. The largest absolute Gasteiger partial charge is 0.468 e. The van der Waals surface area contributed by atoms with E-state index in [0.717, 1.165) is 44.8 Å². The van der Waals surface area contributed by atoms with Crippen molar-refractivity contribution in [3.05, 3.63) is 59.5 Å². The van der Waals surface area contributed by atoms with Crippen molar-refractivity contribution in [2.45, 2.75) is 71.4 Å². The third-order valence-corrected chi connectivity index (χ3v) is 7.21. The Morgan fingerprint density at radius 3 is 2.48 bits per heavy atom. The van der Waals surface area contributed by atoms with E-state index in [1.54, 1.807) is 6.26 Å². The van der Waals surface area contributed by atoms with Gasteiger partial charge in [-0.3, -0.25) is 9.69 Å². The second-order valence-corrected chi connectivity index (χ2v) is 9.99. The van der Waals surface area contributed by atoms with Crippen LogP contribution in [-0.4, -0.2) is 41.4 Å². The van der Waals surface area contributed by atoms with Crippen molar-refractivity contribution in [2.75, 3.05) is 19.6 Å². The molecule has 31 heavy (non-hydrogen) atoms. The lowest BCUT2D eigenvalue weighted by atomic mass is 9.86. The zero-order valence-electron chi connectivity index (χ0n) is 19.4. The highest BCUT2D eigenvalue weighted by Crippen LogP contribution is 2.36. The van der Waals surface area contributed by atoms with E-state index in [9.17, 15) is 4.79 Å². The van der Waals surface area contributed by atoms with Crippen LogP contribution in [0.4, 0.5) is 0 Å². The fourth-order valence-electron chi connectivity index (χ4n) is 5.48. The predicted molar refractivity (Wildman–Crippen MR) is 125 cm³/mol. The number of furan rings is 1. The number of likely N-dealkylation sites (tertiary alicyclic amines) is 1. The van der Waals surface area contributed by atoms with Crippen molar-refractivity contribution in [3.8, 4) is 0 Å². The van der Waals surface area contributed by atoms with Crippen LogP contribution in [0, 0.1) is 18.8 Å². The highest BCUT2D eigenvalue weighted by atomic mass is 16.3. The number of rotatable bonds is 7. The lowest BCUT2D eigenvalue weighted by molar-refractivity contribution is -0.138. The van der Waals surface area contributed by atoms with Crippen LogP contribution in [0.1, 0.15) is 68.8 Å². The summed E-state index contributed by atoms with van der Waals surface area (Å²) in [4.78, 5) is 18.0. The topological polar surface area (TPSA) is 36.7 Å². The molecular weight excluding hydrogens is 384 g/mol. The first-order valence-electron chi connectivity index (χ1n) is 12.1. The molecule has 1 saturated heterocycles. The molecule has 0 N–H and O–H groups in total. The zero-order valence-corrected chi connectivity index (χ0v) is 19.4. The molecular formula is C27H38N2O2. The smallest absolute Gasteiger partial charge is 0.225 e. The van der Waals surface area contributed by atoms with Crippen molar-refractivity contribution in [1.82, 2.24) is 9.80 Å².